The summed E-state index contributed by atoms with van der Waals surface area (Å²) in [7, 11) is 0. The van der Waals surface area contributed by atoms with Crippen LogP contribution in [0, 0.1) is 5.92 Å². The van der Waals surface area contributed by atoms with Crippen LogP contribution in [0.4, 0.5) is 0 Å². The molecule has 1 saturated heterocycles. The minimum atomic E-state index is -0.719. The van der Waals surface area contributed by atoms with Crippen LogP contribution in [0.5, 0.6) is 0 Å². The number of piperidine rings is 1. The van der Waals surface area contributed by atoms with E-state index in [1.165, 1.54) is 0 Å². The van der Waals surface area contributed by atoms with Gasteiger partial charge in [-0.15, -0.1) is 0 Å². The lowest BCUT2D eigenvalue weighted by molar-refractivity contribution is -0.143. The van der Waals surface area contributed by atoms with Gasteiger partial charge in [-0.25, -0.2) is 9.50 Å². The predicted molar refractivity (Wildman–Crippen MR) is 64.1 cm³/mol. The van der Waals surface area contributed by atoms with E-state index in [9.17, 15) is 4.79 Å². The van der Waals surface area contributed by atoms with E-state index in [4.69, 9.17) is 5.11 Å². The van der Waals surface area contributed by atoms with Crippen LogP contribution in [-0.2, 0) is 4.79 Å². The Morgan fingerprint density at radius 3 is 3.28 bits per heavy atom. The Balaban J connectivity index is 1.92. The van der Waals surface area contributed by atoms with E-state index in [1.54, 1.807) is 16.9 Å². The molecule has 2 N–H and O–H groups in total. The number of hydrogen-bond donors (Lipinski definition) is 2. The number of imidazole rings is 1. The van der Waals surface area contributed by atoms with E-state index in [2.05, 4.69) is 15.4 Å². The highest BCUT2D eigenvalue weighted by molar-refractivity contribution is 5.70. The van der Waals surface area contributed by atoms with Crippen LogP contribution in [0.1, 0.15) is 24.6 Å². The first-order valence-electron chi connectivity index (χ1n) is 6.00. The van der Waals surface area contributed by atoms with Gasteiger partial charge >= 0.3 is 5.97 Å². The van der Waals surface area contributed by atoms with Crippen LogP contribution in [0.2, 0.25) is 0 Å². The second kappa shape index (κ2) is 4.38. The van der Waals surface area contributed by atoms with E-state index in [1.807, 2.05) is 12.1 Å². The summed E-state index contributed by atoms with van der Waals surface area (Å²) >= 11 is 0. The van der Waals surface area contributed by atoms with E-state index < -0.39 is 5.97 Å². The highest BCUT2D eigenvalue weighted by Crippen LogP contribution is 2.27. The molecular weight excluding hydrogens is 232 g/mol. The molecule has 18 heavy (non-hydrogen) atoms. The number of nitrogens with zero attached hydrogens (tertiary/aromatic N) is 3. The third kappa shape index (κ3) is 1.84. The molecule has 3 heterocycles. The minimum absolute atomic E-state index is 0.00440. The van der Waals surface area contributed by atoms with Gasteiger partial charge in [-0.2, -0.15) is 5.10 Å². The minimum Gasteiger partial charge on any atom is -0.481 e. The Labute approximate surface area is 104 Å². The number of aliphatic carboxylic acids is 1. The summed E-state index contributed by atoms with van der Waals surface area (Å²) in [6.07, 6.45) is 4.73. The summed E-state index contributed by atoms with van der Waals surface area (Å²) in [5, 5.41) is 16.7. The molecule has 1 aliphatic heterocycles. The first-order chi connectivity index (χ1) is 8.75. The van der Waals surface area contributed by atoms with Crippen LogP contribution >= 0.6 is 0 Å². The van der Waals surface area contributed by atoms with Crippen molar-refractivity contribution < 1.29 is 9.90 Å². The molecule has 1 aliphatic rings. The third-order valence-corrected chi connectivity index (χ3v) is 3.41. The number of rotatable bonds is 2. The summed E-state index contributed by atoms with van der Waals surface area (Å²) < 4.78 is 1.77. The normalized spacial score (nSPS) is 24.2. The van der Waals surface area contributed by atoms with Crippen molar-refractivity contribution in [1.29, 1.82) is 0 Å². The maximum absolute atomic E-state index is 11.1. The predicted octanol–water partition coefficient (Wildman–Crippen LogP) is 0.855. The van der Waals surface area contributed by atoms with Crippen molar-refractivity contribution in [2.24, 2.45) is 5.92 Å². The molecule has 2 atom stereocenters. The lowest BCUT2D eigenvalue weighted by Crippen LogP contribution is -2.35. The highest BCUT2D eigenvalue weighted by atomic mass is 16.4. The summed E-state index contributed by atoms with van der Waals surface area (Å²) in [4.78, 5) is 15.3. The topological polar surface area (TPSA) is 79.5 Å². The summed E-state index contributed by atoms with van der Waals surface area (Å²) in [6, 6.07) is 3.72. The molecule has 0 saturated carbocycles. The average Bonchev–Trinajstić information content (AvgIpc) is 2.82. The van der Waals surface area contributed by atoms with E-state index >= 15 is 0 Å². The zero-order valence-electron chi connectivity index (χ0n) is 9.78. The second-order valence-corrected chi connectivity index (χ2v) is 4.54. The van der Waals surface area contributed by atoms with E-state index in [0.29, 0.717) is 19.4 Å². The van der Waals surface area contributed by atoms with Crippen molar-refractivity contribution in [1.82, 2.24) is 19.9 Å². The Morgan fingerprint density at radius 1 is 1.56 bits per heavy atom. The Bertz CT molecular complexity index is 580. The SMILES string of the molecule is O=C(O)C1CCNC(c2cnc3cccnn23)C1. The molecule has 0 aliphatic carbocycles. The number of hydrogen-bond acceptors (Lipinski definition) is 4. The van der Waals surface area contributed by atoms with Crippen LogP contribution < -0.4 is 5.32 Å². The number of nitrogens with one attached hydrogen (secondary N) is 1. The summed E-state index contributed by atoms with van der Waals surface area (Å²) in [5.41, 5.74) is 1.71. The molecule has 2 aromatic heterocycles. The average molecular weight is 246 g/mol. The molecule has 2 unspecified atom stereocenters. The quantitative estimate of drug-likeness (QED) is 0.821. The van der Waals surface area contributed by atoms with Gasteiger partial charge in [0.2, 0.25) is 0 Å². The molecule has 0 radical (unpaired) electrons. The van der Waals surface area contributed by atoms with Crippen LogP contribution in [0.3, 0.4) is 0 Å². The van der Waals surface area contributed by atoms with Gasteiger partial charge in [0, 0.05) is 6.20 Å². The smallest absolute Gasteiger partial charge is 0.306 e. The Morgan fingerprint density at radius 2 is 2.44 bits per heavy atom. The van der Waals surface area contributed by atoms with Crippen molar-refractivity contribution in [2.45, 2.75) is 18.9 Å². The van der Waals surface area contributed by atoms with Crippen molar-refractivity contribution in [3.8, 4) is 0 Å². The molecule has 0 spiro atoms. The van der Waals surface area contributed by atoms with Crippen molar-refractivity contribution in [2.75, 3.05) is 6.54 Å². The molecule has 2 aromatic rings. The first kappa shape index (κ1) is 11.2. The van der Waals surface area contributed by atoms with E-state index in [-0.39, 0.29) is 12.0 Å². The van der Waals surface area contributed by atoms with Crippen LogP contribution in [-0.4, -0.2) is 32.2 Å². The van der Waals surface area contributed by atoms with Gasteiger partial charge in [-0.05, 0) is 31.5 Å². The fourth-order valence-corrected chi connectivity index (χ4v) is 2.45. The number of carboxylic acids is 1. The molecule has 6 heteroatoms. The molecule has 6 nitrogen and oxygen atoms in total. The largest absolute Gasteiger partial charge is 0.481 e. The van der Waals surface area contributed by atoms with Crippen LogP contribution in [0.15, 0.2) is 24.5 Å². The van der Waals surface area contributed by atoms with Gasteiger partial charge in [-0.3, -0.25) is 4.79 Å². The van der Waals surface area contributed by atoms with E-state index in [0.717, 1.165) is 11.3 Å². The van der Waals surface area contributed by atoms with Crippen molar-refractivity contribution >= 4 is 11.6 Å². The molecular formula is C12H14N4O2. The molecule has 0 aromatic carbocycles. The zero-order chi connectivity index (χ0) is 12.5. The Kier molecular flexibility index (Phi) is 2.71. The molecule has 3 rings (SSSR count). The van der Waals surface area contributed by atoms with Crippen molar-refractivity contribution in [3.63, 3.8) is 0 Å². The number of carboxylic acid groups (broad SMARTS) is 1. The summed E-state index contributed by atoms with van der Waals surface area (Å²) in [5.74, 6) is -1.01. The molecule has 0 amide bonds. The lowest BCUT2D eigenvalue weighted by atomic mass is 9.91. The van der Waals surface area contributed by atoms with Gasteiger partial charge in [0.05, 0.1) is 23.9 Å². The Hall–Kier alpha value is -1.95. The summed E-state index contributed by atoms with van der Waals surface area (Å²) in [6.45, 7) is 0.710. The van der Waals surface area contributed by atoms with Gasteiger partial charge in [0.1, 0.15) is 0 Å². The second-order valence-electron chi connectivity index (χ2n) is 4.54. The number of aromatic nitrogens is 3. The molecule has 1 fully saturated rings. The lowest BCUT2D eigenvalue weighted by Gasteiger charge is -2.27. The first-order valence-corrected chi connectivity index (χ1v) is 6.00. The zero-order valence-corrected chi connectivity index (χ0v) is 9.78. The van der Waals surface area contributed by atoms with Gasteiger partial charge in [0.15, 0.2) is 5.65 Å². The van der Waals surface area contributed by atoms with Gasteiger partial charge in [-0.1, -0.05) is 0 Å². The number of carbonyl (C=O) groups is 1. The molecule has 94 valence electrons. The van der Waals surface area contributed by atoms with Crippen molar-refractivity contribution in [3.05, 3.63) is 30.2 Å². The standard InChI is InChI=1S/C12H14N4O2/c17-12(18)8-3-5-13-9(6-8)10-7-14-11-2-1-4-15-16(10)11/h1-2,4,7-9,13H,3,5-6H2,(H,17,18). The van der Waals surface area contributed by atoms with Gasteiger partial charge in [0.25, 0.3) is 0 Å². The number of fused-ring (bicyclic) bond motifs is 1. The monoisotopic (exact) mass is 246 g/mol. The van der Waals surface area contributed by atoms with Gasteiger partial charge < -0.3 is 10.4 Å². The van der Waals surface area contributed by atoms with Crippen LogP contribution in [0.25, 0.3) is 5.65 Å². The fraction of sp³-hybridized carbons (Fsp3) is 0.417. The fourth-order valence-electron chi connectivity index (χ4n) is 2.45. The third-order valence-electron chi connectivity index (χ3n) is 3.41. The molecule has 0 bridgehead atoms. The maximum Gasteiger partial charge on any atom is 0.306 e. The maximum atomic E-state index is 11.1. The highest BCUT2D eigenvalue weighted by Gasteiger charge is 2.29.